The van der Waals surface area contributed by atoms with Crippen molar-refractivity contribution in [3.63, 3.8) is 0 Å². The summed E-state index contributed by atoms with van der Waals surface area (Å²) in [5.74, 6) is 1.83. The van der Waals surface area contributed by atoms with Crippen LogP contribution in [0, 0.1) is 5.92 Å². The molecule has 1 aromatic rings. The summed E-state index contributed by atoms with van der Waals surface area (Å²) in [6.07, 6.45) is 5.82. The number of benzene rings is 1. The van der Waals surface area contributed by atoms with Crippen molar-refractivity contribution in [3.8, 4) is 5.75 Å². The van der Waals surface area contributed by atoms with Crippen molar-refractivity contribution in [2.45, 2.75) is 50.3 Å². The maximum atomic E-state index is 6.01. The van der Waals surface area contributed by atoms with Crippen molar-refractivity contribution in [1.82, 2.24) is 5.32 Å². The first kappa shape index (κ1) is 15.4. The van der Waals surface area contributed by atoms with Crippen LogP contribution in [0.15, 0.2) is 24.3 Å². The van der Waals surface area contributed by atoms with Gasteiger partial charge in [0.15, 0.2) is 0 Å². The van der Waals surface area contributed by atoms with Gasteiger partial charge >= 0.3 is 0 Å². The molecule has 4 nitrogen and oxygen atoms in total. The van der Waals surface area contributed by atoms with Gasteiger partial charge in [-0.1, -0.05) is 18.2 Å². The van der Waals surface area contributed by atoms with Gasteiger partial charge in [-0.15, -0.1) is 0 Å². The van der Waals surface area contributed by atoms with Gasteiger partial charge in [-0.05, 0) is 37.7 Å². The Morgan fingerprint density at radius 3 is 2.91 bits per heavy atom. The van der Waals surface area contributed by atoms with Crippen LogP contribution in [0.3, 0.4) is 0 Å². The standard InChI is InChI=1S/C19H27NO3/c1-2-4-18(22-13-15-5-6-15)16(3-1)12-20-17-7-9-23-19(11-17)8-10-21-14-19/h1-4,15,17,20H,5-14H2/t17-,19+/m1/s1. The summed E-state index contributed by atoms with van der Waals surface area (Å²) in [7, 11) is 0. The second-order valence-electron chi connectivity index (χ2n) is 7.27. The van der Waals surface area contributed by atoms with Gasteiger partial charge in [0.1, 0.15) is 5.75 Å². The van der Waals surface area contributed by atoms with Crippen molar-refractivity contribution >= 4 is 0 Å². The highest BCUT2D eigenvalue weighted by Gasteiger charge is 2.40. The quantitative estimate of drug-likeness (QED) is 0.876. The largest absolute Gasteiger partial charge is 0.493 e. The molecule has 0 unspecified atom stereocenters. The Balaban J connectivity index is 1.33. The van der Waals surface area contributed by atoms with Crippen LogP contribution >= 0.6 is 0 Å². The van der Waals surface area contributed by atoms with E-state index in [2.05, 4.69) is 29.6 Å². The first-order valence-electron chi connectivity index (χ1n) is 8.99. The van der Waals surface area contributed by atoms with Gasteiger partial charge in [0.2, 0.25) is 0 Å². The molecular formula is C19H27NO3. The fourth-order valence-electron chi connectivity index (χ4n) is 3.60. The summed E-state index contributed by atoms with van der Waals surface area (Å²) in [6.45, 7) is 4.16. The summed E-state index contributed by atoms with van der Waals surface area (Å²) in [4.78, 5) is 0. The molecule has 1 saturated carbocycles. The van der Waals surface area contributed by atoms with Gasteiger partial charge in [0, 0.05) is 37.8 Å². The zero-order valence-corrected chi connectivity index (χ0v) is 13.8. The molecule has 0 amide bonds. The van der Waals surface area contributed by atoms with Crippen molar-refractivity contribution in [2.75, 3.05) is 26.4 Å². The normalized spacial score (nSPS) is 30.7. The van der Waals surface area contributed by atoms with Gasteiger partial charge in [-0.3, -0.25) is 0 Å². The van der Waals surface area contributed by atoms with E-state index in [-0.39, 0.29) is 5.60 Å². The molecule has 2 aliphatic heterocycles. The highest BCUT2D eigenvalue weighted by atomic mass is 16.6. The Hall–Kier alpha value is -1.10. The molecule has 0 radical (unpaired) electrons. The van der Waals surface area contributed by atoms with Crippen molar-refractivity contribution < 1.29 is 14.2 Å². The van der Waals surface area contributed by atoms with E-state index in [4.69, 9.17) is 14.2 Å². The number of para-hydroxylation sites is 1. The molecule has 1 aliphatic carbocycles. The van der Waals surface area contributed by atoms with Crippen LogP contribution in [0.5, 0.6) is 5.75 Å². The first-order chi connectivity index (χ1) is 11.3. The van der Waals surface area contributed by atoms with Gasteiger partial charge in [-0.2, -0.15) is 0 Å². The Bertz CT molecular complexity index is 523. The summed E-state index contributed by atoms with van der Waals surface area (Å²) >= 11 is 0. The van der Waals surface area contributed by atoms with Crippen LogP contribution in [0.25, 0.3) is 0 Å². The van der Waals surface area contributed by atoms with E-state index in [1.54, 1.807) is 0 Å². The number of nitrogens with one attached hydrogen (secondary N) is 1. The zero-order valence-electron chi connectivity index (χ0n) is 13.8. The van der Waals surface area contributed by atoms with Crippen LogP contribution in [0.2, 0.25) is 0 Å². The average molecular weight is 317 g/mol. The molecule has 1 N–H and O–H groups in total. The van der Waals surface area contributed by atoms with E-state index in [9.17, 15) is 0 Å². The molecule has 1 spiro atoms. The van der Waals surface area contributed by atoms with Crippen LogP contribution in [-0.2, 0) is 16.0 Å². The third-order valence-electron chi connectivity index (χ3n) is 5.29. The van der Waals surface area contributed by atoms with E-state index in [0.29, 0.717) is 6.04 Å². The molecule has 3 aliphatic rings. The van der Waals surface area contributed by atoms with Gasteiger partial charge in [0.05, 0.1) is 18.8 Å². The Morgan fingerprint density at radius 2 is 2.09 bits per heavy atom. The highest BCUT2D eigenvalue weighted by molar-refractivity contribution is 5.33. The van der Waals surface area contributed by atoms with E-state index < -0.39 is 0 Å². The second-order valence-corrected chi connectivity index (χ2v) is 7.27. The lowest BCUT2D eigenvalue weighted by atomic mass is 9.89. The third kappa shape index (κ3) is 3.87. The van der Waals surface area contributed by atoms with Gasteiger partial charge in [0.25, 0.3) is 0 Å². The predicted molar refractivity (Wildman–Crippen MR) is 88.6 cm³/mol. The van der Waals surface area contributed by atoms with Crippen molar-refractivity contribution in [2.24, 2.45) is 5.92 Å². The molecule has 3 fully saturated rings. The van der Waals surface area contributed by atoms with E-state index in [1.807, 2.05) is 0 Å². The smallest absolute Gasteiger partial charge is 0.123 e. The molecule has 126 valence electrons. The van der Waals surface area contributed by atoms with E-state index in [1.165, 1.54) is 18.4 Å². The second kappa shape index (κ2) is 6.80. The fraction of sp³-hybridized carbons (Fsp3) is 0.684. The lowest BCUT2D eigenvalue weighted by molar-refractivity contribution is -0.0894. The van der Waals surface area contributed by atoms with Crippen molar-refractivity contribution in [3.05, 3.63) is 29.8 Å². The lowest BCUT2D eigenvalue weighted by Crippen LogP contribution is -2.47. The Kier molecular flexibility index (Phi) is 4.56. The SMILES string of the molecule is c1ccc(OCC2CC2)c(CN[C@@H]2CCO[C@@]3(CCOC3)C2)c1. The van der Waals surface area contributed by atoms with Crippen LogP contribution in [0.4, 0.5) is 0 Å². The van der Waals surface area contributed by atoms with Crippen LogP contribution in [-0.4, -0.2) is 38.1 Å². The highest BCUT2D eigenvalue weighted by Crippen LogP contribution is 2.33. The molecule has 23 heavy (non-hydrogen) atoms. The Labute approximate surface area is 138 Å². The number of ether oxygens (including phenoxy) is 3. The lowest BCUT2D eigenvalue weighted by Gasteiger charge is -2.37. The maximum Gasteiger partial charge on any atom is 0.123 e. The topological polar surface area (TPSA) is 39.7 Å². The molecule has 2 atom stereocenters. The maximum absolute atomic E-state index is 6.01. The molecule has 1 aromatic carbocycles. The minimum Gasteiger partial charge on any atom is -0.493 e. The molecule has 4 heteroatoms. The predicted octanol–water partition coefficient (Wildman–Crippen LogP) is 2.90. The van der Waals surface area contributed by atoms with Gasteiger partial charge < -0.3 is 19.5 Å². The first-order valence-corrected chi connectivity index (χ1v) is 8.99. The Morgan fingerprint density at radius 1 is 1.17 bits per heavy atom. The zero-order chi connectivity index (χ0) is 15.5. The summed E-state index contributed by atoms with van der Waals surface area (Å²) in [5.41, 5.74) is 1.23. The number of rotatable bonds is 6. The van der Waals surface area contributed by atoms with Crippen LogP contribution < -0.4 is 10.1 Å². The summed E-state index contributed by atoms with van der Waals surface area (Å²) in [6, 6.07) is 8.92. The number of hydrogen-bond acceptors (Lipinski definition) is 4. The minimum atomic E-state index is -0.0299. The van der Waals surface area contributed by atoms with Gasteiger partial charge in [-0.25, -0.2) is 0 Å². The molecule has 0 bridgehead atoms. The minimum absolute atomic E-state index is 0.0299. The summed E-state index contributed by atoms with van der Waals surface area (Å²) in [5, 5.41) is 3.72. The molecular weight excluding hydrogens is 290 g/mol. The molecule has 2 heterocycles. The van der Waals surface area contributed by atoms with Crippen molar-refractivity contribution in [1.29, 1.82) is 0 Å². The number of hydrogen-bond donors (Lipinski definition) is 1. The van der Waals surface area contributed by atoms with E-state index >= 15 is 0 Å². The molecule has 2 saturated heterocycles. The molecule has 0 aromatic heterocycles. The average Bonchev–Trinajstić information content (AvgIpc) is 3.32. The fourth-order valence-corrected chi connectivity index (χ4v) is 3.60. The van der Waals surface area contributed by atoms with E-state index in [0.717, 1.165) is 63.9 Å². The van der Waals surface area contributed by atoms with Crippen LogP contribution in [0.1, 0.15) is 37.7 Å². The monoisotopic (exact) mass is 317 g/mol. The third-order valence-corrected chi connectivity index (χ3v) is 5.29. The molecule has 4 rings (SSSR count). The summed E-state index contributed by atoms with van der Waals surface area (Å²) < 4.78 is 17.6.